The fourth-order valence-corrected chi connectivity index (χ4v) is 1.38. The highest BCUT2D eigenvalue weighted by Crippen LogP contribution is 1.90. The topological polar surface area (TPSA) is 24.5 Å². The maximum atomic E-state index is 5.55. The molecule has 15 heavy (non-hydrogen) atoms. The molecule has 0 aliphatic heterocycles. The normalized spacial score (nSPS) is 11.2. The molecule has 0 aromatic carbocycles. The van der Waals surface area contributed by atoms with Crippen molar-refractivity contribution in [1.82, 2.24) is 10.2 Å². The molecule has 0 aromatic heterocycles. The Morgan fingerprint density at radius 2 is 1.87 bits per heavy atom. The second kappa shape index (κ2) is 12.0. The second-order valence-corrected chi connectivity index (χ2v) is 3.75. The van der Waals surface area contributed by atoms with Crippen LogP contribution in [0.25, 0.3) is 0 Å². The Balaban J connectivity index is 3.28. The Morgan fingerprint density at radius 1 is 1.07 bits per heavy atom. The molecule has 3 heteroatoms. The zero-order valence-corrected chi connectivity index (χ0v) is 10.7. The maximum absolute atomic E-state index is 5.55. The molecule has 0 fully saturated rings. The minimum Gasteiger partial charge on any atom is -0.380 e. The van der Waals surface area contributed by atoms with Crippen LogP contribution >= 0.6 is 0 Å². The first-order valence-electron chi connectivity index (χ1n) is 6.35. The largest absolute Gasteiger partial charge is 0.380 e. The summed E-state index contributed by atoms with van der Waals surface area (Å²) >= 11 is 0. The van der Waals surface area contributed by atoms with Gasteiger partial charge in [0.2, 0.25) is 0 Å². The Labute approximate surface area is 95.2 Å². The van der Waals surface area contributed by atoms with Gasteiger partial charge in [-0.25, -0.2) is 0 Å². The van der Waals surface area contributed by atoms with Crippen LogP contribution in [0.5, 0.6) is 0 Å². The summed E-state index contributed by atoms with van der Waals surface area (Å²) in [6.45, 7) is 13.8. The number of hydrogen-bond donors (Lipinski definition) is 1. The molecular weight excluding hydrogens is 188 g/mol. The van der Waals surface area contributed by atoms with Crippen LogP contribution in [0.15, 0.2) is 0 Å². The Kier molecular flexibility index (Phi) is 11.9. The molecule has 0 aromatic rings. The fraction of sp³-hybridized carbons (Fsp3) is 1.00. The lowest BCUT2D eigenvalue weighted by Crippen LogP contribution is -2.34. The molecule has 0 saturated carbocycles. The van der Waals surface area contributed by atoms with E-state index in [2.05, 4.69) is 31.0 Å². The lowest BCUT2D eigenvalue weighted by molar-refractivity contribution is 0.103. The van der Waals surface area contributed by atoms with Gasteiger partial charge in [0.05, 0.1) is 6.61 Å². The molecule has 0 radical (unpaired) electrons. The minimum atomic E-state index is 0.875. The molecule has 3 nitrogen and oxygen atoms in total. The van der Waals surface area contributed by atoms with Crippen LogP contribution in [0, 0.1) is 0 Å². The predicted octanol–water partition coefficient (Wildman–Crippen LogP) is 1.73. The van der Waals surface area contributed by atoms with Crippen molar-refractivity contribution >= 4 is 0 Å². The van der Waals surface area contributed by atoms with E-state index in [9.17, 15) is 0 Å². The Morgan fingerprint density at radius 3 is 2.47 bits per heavy atom. The first-order valence-corrected chi connectivity index (χ1v) is 6.35. The van der Waals surface area contributed by atoms with Crippen LogP contribution in [0.2, 0.25) is 0 Å². The highest BCUT2D eigenvalue weighted by atomic mass is 16.5. The van der Waals surface area contributed by atoms with E-state index in [1.165, 1.54) is 12.8 Å². The summed E-state index contributed by atoms with van der Waals surface area (Å²) in [5.74, 6) is 0. The third-order valence-corrected chi connectivity index (χ3v) is 2.50. The quantitative estimate of drug-likeness (QED) is 0.532. The van der Waals surface area contributed by atoms with Gasteiger partial charge in [-0.05, 0) is 19.5 Å². The van der Waals surface area contributed by atoms with Crippen molar-refractivity contribution in [1.29, 1.82) is 0 Å². The van der Waals surface area contributed by atoms with Gasteiger partial charge in [0.25, 0.3) is 0 Å². The van der Waals surface area contributed by atoms with Gasteiger partial charge in [-0.15, -0.1) is 0 Å². The predicted molar refractivity (Wildman–Crippen MR) is 66.4 cm³/mol. The summed E-state index contributed by atoms with van der Waals surface area (Å²) in [7, 11) is 0. The van der Waals surface area contributed by atoms with Gasteiger partial charge in [0.15, 0.2) is 0 Å². The van der Waals surface area contributed by atoms with Crippen molar-refractivity contribution in [3.05, 3.63) is 0 Å². The van der Waals surface area contributed by atoms with Crippen molar-refractivity contribution in [3.63, 3.8) is 0 Å². The van der Waals surface area contributed by atoms with E-state index < -0.39 is 0 Å². The summed E-state index contributed by atoms with van der Waals surface area (Å²) in [6, 6.07) is 0. The number of unbranched alkanes of at least 4 members (excludes halogenated alkanes) is 1. The maximum Gasteiger partial charge on any atom is 0.0593 e. The Hall–Kier alpha value is -0.120. The number of nitrogens with one attached hydrogen (secondary N) is 1. The molecule has 0 spiro atoms. The Bertz CT molecular complexity index is 120. The minimum absolute atomic E-state index is 0.875. The van der Waals surface area contributed by atoms with Gasteiger partial charge in [0, 0.05) is 26.2 Å². The van der Waals surface area contributed by atoms with E-state index in [4.69, 9.17) is 4.74 Å². The smallest absolute Gasteiger partial charge is 0.0593 e. The van der Waals surface area contributed by atoms with Crippen LogP contribution < -0.4 is 5.32 Å². The fourth-order valence-electron chi connectivity index (χ4n) is 1.38. The monoisotopic (exact) mass is 216 g/mol. The molecule has 0 amide bonds. The van der Waals surface area contributed by atoms with Gasteiger partial charge in [-0.3, -0.25) is 0 Å². The summed E-state index contributed by atoms with van der Waals surface area (Å²) in [6.07, 6.45) is 2.40. The van der Waals surface area contributed by atoms with Gasteiger partial charge in [-0.1, -0.05) is 27.2 Å². The van der Waals surface area contributed by atoms with Crippen molar-refractivity contribution in [2.24, 2.45) is 0 Å². The molecule has 92 valence electrons. The first-order chi connectivity index (χ1) is 7.35. The van der Waals surface area contributed by atoms with Crippen molar-refractivity contribution in [3.8, 4) is 0 Å². The highest BCUT2D eigenvalue weighted by molar-refractivity contribution is 4.56. The van der Waals surface area contributed by atoms with Crippen molar-refractivity contribution in [2.75, 3.05) is 45.9 Å². The third kappa shape index (κ3) is 10.2. The van der Waals surface area contributed by atoms with Crippen LogP contribution in [-0.4, -0.2) is 50.8 Å². The lowest BCUT2D eigenvalue weighted by atomic mass is 10.4. The summed E-state index contributed by atoms with van der Waals surface area (Å²) in [5, 5.41) is 3.34. The number of nitrogens with zero attached hydrogens (tertiary/aromatic N) is 1. The van der Waals surface area contributed by atoms with Gasteiger partial charge in [-0.2, -0.15) is 0 Å². The molecule has 0 unspecified atom stereocenters. The zero-order chi connectivity index (χ0) is 11.4. The first kappa shape index (κ1) is 14.9. The zero-order valence-electron chi connectivity index (χ0n) is 10.7. The van der Waals surface area contributed by atoms with E-state index in [-0.39, 0.29) is 0 Å². The molecule has 1 N–H and O–H groups in total. The van der Waals surface area contributed by atoms with Gasteiger partial charge in [0.1, 0.15) is 0 Å². The second-order valence-electron chi connectivity index (χ2n) is 3.75. The number of likely N-dealkylation sites (N-methyl/N-ethyl adjacent to an activating group) is 2. The van der Waals surface area contributed by atoms with Crippen molar-refractivity contribution < 1.29 is 4.74 Å². The summed E-state index contributed by atoms with van der Waals surface area (Å²) in [5.41, 5.74) is 0. The van der Waals surface area contributed by atoms with Crippen molar-refractivity contribution in [2.45, 2.75) is 33.6 Å². The number of ether oxygens (including phenoxy) is 1. The van der Waals surface area contributed by atoms with Crippen LogP contribution in [0.4, 0.5) is 0 Å². The molecule has 0 rings (SSSR count). The summed E-state index contributed by atoms with van der Waals surface area (Å²) < 4.78 is 5.55. The molecule has 0 heterocycles. The summed E-state index contributed by atoms with van der Waals surface area (Å²) in [4.78, 5) is 2.43. The van der Waals surface area contributed by atoms with E-state index in [1.54, 1.807) is 0 Å². The van der Waals surface area contributed by atoms with Crippen LogP contribution in [0.1, 0.15) is 33.6 Å². The average molecular weight is 216 g/mol. The van der Waals surface area contributed by atoms with Gasteiger partial charge >= 0.3 is 0 Å². The molecule has 0 bridgehead atoms. The average Bonchev–Trinajstić information content (AvgIpc) is 2.26. The SMILES string of the molecule is CCCCOCCN(CC)CCNCC. The number of hydrogen-bond acceptors (Lipinski definition) is 3. The highest BCUT2D eigenvalue weighted by Gasteiger charge is 2.00. The van der Waals surface area contributed by atoms with Gasteiger partial charge < -0.3 is 15.0 Å². The molecule has 0 aliphatic carbocycles. The number of rotatable bonds is 11. The molecule has 0 saturated heterocycles. The molecule has 0 aliphatic rings. The van der Waals surface area contributed by atoms with E-state index in [0.29, 0.717) is 0 Å². The molecule has 0 atom stereocenters. The third-order valence-electron chi connectivity index (χ3n) is 2.50. The standard InChI is InChI=1S/C12H28N2O/c1-4-7-11-15-12-10-14(6-3)9-8-13-5-2/h13H,4-12H2,1-3H3. The van der Waals surface area contributed by atoms with E-state index in [1.807, 2.05) is 0 Å². The lowest BCUT2D eigenvalue weighted by Gasteiger charge is -2.20. The van der Waals surface area contributed by atoms with E-state index in [0.717, 1.165) is 45.9 Å². The van der Waals surface area contributed by atoms with E-state index >= 15 is 0 Å². The van der Waals surface area contributed by atoms with Crippen LogP contribution in [0.3, 0.4) is 0 Å². The molecular formula is C12H28N2O. The van der Waals surface area contributed by atoms with Crippen LogP contribution in [-0.2, 0) is 4.74 Å².